The molecule has 1 aromatic carbocycles. The van der Waals surface area contributed by atoms with Gasteiger partial charge in [0.05, 0.1) is 17.1 Å². The topological polar surface area (TPSA) is 65.3 Å². The van der Waals surface area contributed by atoms with Crippen LogP contribution in [0.1, 0.15) is 50.0 Å². The molecule has 0 spiro atoms. The van der Waals surface area contributed by atoms with Crippen molar-refractivity contribution in [2.45, 2.75) is 58.2 Å². The van der Waals surface area contributed by atoms with E-state index in [9.17, 15) is 14.0 Å². The van der Waals surface area contributed by atoms with Gasteiger partial charge in [-0.3, -0.25) is 4.79 Å². The molecule has 0 saturated heterocycles. The van der Waals surface area contributed by atoms with E-state index >= 15 is 0 Å². The predicted octanol–water partition coefficient (Wildman–Crippen LogP) is 4.20. The second kappa shape index (κ2) is 8.34. The number of halogens is 1. The maximum atomic E-state index is 13.3. The summed E-state index contributed by atoms with van der Waals surface area (Å²) in [5, 5.41) is 3.07. The summed E-state index contributed by atoms with van der Waals surface area (Å²) in [4.78, 5) is 25.4. The zero-order valence-electron chi connectivity index (χ0n) is 17.2. The molecule has 6 nitrogen and oxygen atoms in total. The van der Waals surface area contributed by atoms with Crippen molar-refractivity contribution in [2.75, 3.05) is 0 Å². The number of ether oxygens (including phenoxy) is 1. The number of benzene rings is 1. The average Bonchev–Trinajstić information content (AvgIpc) is 3.40. The Hall–Kier alpha value is -3.09. The van der Waals surface area contributed by atoms with Crippen molar-refractivity contribution in [1.29, 1.82) is 0 Å². The number of nitrogens with one attached hydrogen (secondary N) is 1. The number of fused-ring (bicyclic) bond motifs is 1. The highest BCUT2D eigenvalue weighted by Gasteiger charge is 2.23. The third kappa shape index (κ3) is 4.10. The molecular formula is C23H26FN3O3. The summed E-state index contributed by atoms with van der Waals surface area (Å²) in [7, 11) is 0. The highest BCUT2D eigenvalue weighted by atomic mass is 19.1. The van der Waals surface area contributed by atoms with Crippen LogP contribution in [-0.4, -0.2) is 33.2 Å². The Kier molecular flexibility index (Phi) is 5.61. The molecule has 158 valence electrons. The molecule has 2 heterocycles. The molecule has 1 aliphatic rings. The predicted molar refractivity (Wildman–Crippen MR) is 112 cm³/mol. The van der Waals surface area contributed by atoms with Crippen LogP contribution in [0.2, 0.25) is 0 Å². The molecule has 1 N–H and O–H groups in total. The van der Waals surface area contributed by atoms with E-state index in [-0.39, 0.29) is 30.4 Å². The Bertz CT molecular complexity index is 1060. The lowest BCUT2D eigenvalue weighted by atomic mass is 10.2. The van der Waals surface area contributed by atoms with Gasteiger partial charge in [0.2, 0.25) is 5.91 Å². The Morgan fingerprint density at radius 3 is 2.50 bits per heavy atom. The standard InChI is InChI=1S/C23H26FN3O3/c1-15(2)30-23(29)21-13-20-19(11-12-26(20)18-9-7-16(24)8-10-18)27(21)14-22(28)25-17-5-3-4-6-17/h7-13,15,17H,3-6,14H2,1-2H3,(H,25,28). The molecule has 1 saturated carbocycles. The van der Waals surface area contributed by atoms with Crippen LogP contribution in [0.15, 0.2) is 42.6 Å². The number of amides is 1. The fourth-order valence-corrected chi connectivity index (χ4v) is 4.07. The number of nitrogens with zero attached hydrogens (tertiary/aromatic N) is 2. The average molecular weight is 411 g/mol. The van der Waals surface area contributed by atoms with Crippen molar-refractivity contribution in [1.82, 2.24) is 14.5 Å². The van der Waals surface area contributed by atoms with E-state index in [1.54, 1.807) is 36.6 Å². The highest BCUT2D eigenvalue weighted by Crippen LogP contribution is 2.26. The first-order valence-corrected chi connectivity index (χ1v) is 10.4. The number of esters is 1. The van der Waals surface area contributed by atoms with Gasteiger partial charge >= 0.3 is 5.97 Å². The van der Waals surface area contributed by atoms with E-state index in [1.807, 2.05) is 16.8 Å². The van der Waals surface area contributed by atoms with E-state index in [2.05, 4.69) is 5.32 Å². The summed E-state index contributed by atoms with van der Waals surface area (Å²) in [5.74, 6) is -0.905. The second-order valence-electron chi connectivity index (χ2n) is 8.05. The SMILES string of the molecule is CC(C)OC(=O)c1cc2c(ccn2-c2ccc(F)cc2)n1CC(=O)NC1CCCC1. The molecule has 1 aliphatic carbocycles. The van der Waals surface area contributed by atoms with Gasteiger partial charge in [0.1, 0.15) is 18.1 Å². The molecule has 7 heteroatoms. The first-order valence-electron chi connectivity index (χ1n) is 10.4. The van der Waals surface area contributed by atoms with Crippen LogP contribution in [0.25, 0.3) is 16.7 Å². The summed E-state index contributed by atoms with van der Waals surface area (Å²) in [6.45, 7) is 3.61. The molecule has 0 bridgehead atoms. The van der Waals surface area contributed by atoms with Gasteiger partial charge in [0, 0.05) is 17.9 Å². The minimum Gasteiger partial charge on any atom is -0.458 e. The van der Waals surface area contributed by atoms with E-state index in [1.165, 1.54) is 12.1 Å². The highest BCUT2D eigenvalue weighted by molar-refractivity contribution is 5.96. The second-order valence-corrected chi connectivity index (χ2v) is 8.05. The Balaban J connectivity index is 1.70. The van der Waals surface area contributed by atoms with Crippen LogP contribution >= 0.6 is 0 Å². The number of aromatic nitrogens is 2. The van der Waals surface area contributed by atoms with E-state index in [0.29, 0.717) is 5.69 Å². The van der Waals surface area contributed by atoms with Crippen LogP contribution in [0.5, 0.6) is 0 Å². The summed E-state index contributed by atoms with van der Waals surface area (Å²) >= 11 is 0. The van der Waals surface area contributed by atoms with Crippen molar-refractivity contribution in [3.63, 3.8) is 0 Å². The van der Waals surface area contributed by atoms with Crippen molar-refractivity contribution >= 4 is 22.9 Å². The first-order chi connectivity index (χ1) is 14.4. The lowest BCUT2D eigenvalue weighted by molar-refractivity contribution is -0.122. The fourth-order valence-electron chi connectivity index (χ4n) is 4.07. The Labute approximate surface area is 174 Å². The number of rotatable bonds is 6. The summed E-state index contributed by atoms with van der Waals surface area (Å²) in [5.41, 5.74) is 2.59. The lowest BCUT2D eigenvalue weighted by Crippen LogP contribution is -2.35. The smallest absolute Gasteiger partial charge is 0.355 e. The molecule has 30 heavy (non-hydrogen) atoms. The van der Waals surface area contributed by atoms with Gasteiger partial charge in [-0.2, -0.15) is 0 Å². The molecular weight excluding hydrogens is 385 g/mol. The molecule has 0 unspecified atom stereocenters. The van der Waals surface area contributed by atoms with Crippen LogP contribution < -0.4 is 5.32 Å². The normalized spacial score (nSPS) is 14.5. The van der Waals surface area contributed by atoms with Crippen LogP contribution in [0.4, 0.5) is 4.39 Å². The van der Waals surface area contributed by atoms with Gasteiger partial charge in [-0.1, -0.05) is 12.8 Å². The summed E-state index contributed by atoms with van der Waals surface area (Å²) < 4.78 is 22.3. The van der Waals surface area contributed by atoms with Gasteiger partial charge in [0.25, 0.3) is 0 Å². The largest absolute Gasteiger partial charge is 0.458 e. The van der Waals surface area contributed by atoms with E-state index < -0.39 is 5.97 Å². The van der Waals surface area contributed by atoms with Crippen LogP contribution in [-0.2, 0) is 16.1 Å². The number of carbonyl (C=O) groups excluding carboxylic acids is 2. The first kappa shape index (κ1) is 20.2. The molecule has 2 aromatic heterocycles. The van der Waals surface area contributed by atoms with Gasteiger partial charge in [0.15, 0.2) is 0 Å². The lowest BCUT2D eigenvalue weighted by Gasteiger charge is -2.15. The van der Waals surface area contributed by atoms with Crippen molar-refractivity contribution in [2.24, 2.45) is 0 Å². The van der Waals surface area contributed by atoms with Gasteiger partial charge < -0.3 is 19.2 Å². The van der Waals surface area contributed by atoms with Gasteiger partial charge in [-0.05, 0) is 63.1 Å². The quantitative estimate of drug-likeness (QED) is 0.619. The van der Waals surface area contributed by atoms with Crippen LogP contribution in [0.3, 0.4) is 0 Å². The summed E-state index contributed by atoms with van der Waals surface area (Å²) in [6.07, 6.45) is 5.83. The molecule has 3 aromatic rings. The molecule has 4 rings (SSSR count). The monoisotopic (exact) mass is 411 g/mol. The summed E-state index contributed by atoms with van der Waals surface area (Å²) in [6, 6.07) is 9.91. The fraction of sp³-hybridized carbons (Fsp3) is 0.391. The number of hydrogen-bond donors (Lipinski definition) is 1. The zero-order valence-corrected chi connectivity index (χ0v) is 17.2. The third-order valence-corrected chi connectivity index (χ3v) is 5.44. The van der Waals surface area contributed by atoms with Gasteiger partial charge in [-0.25, -0.2) is 9.18 Å². The number of hydrogen-bond acceptors (Lipinski definition) is 3. The Morgan fingerprint density at radius 1 is 1.13 bits per heavy atom. The van der Waals surface area contributed by atoms with Crippen molar-refractivity contribution < 1.29 is 18.7 Å². The zero-order chi connectivity index (χ0) is 21.3. The molecule has 0 radical (unpaired) electrons. The Morgan fingerprint density at radius 2 is 1.83 bits per heavy atom. The van der Waals surface area contributed by atoms with Gasteiger partial charge in [-0.15, -0.1) is 0 Å². The molecule has 1 amide bonds. The third-order valence-electron chi connectivity index (χ3n) is 5.44. The van der Waals surface area contributed by atoms with E-state index in [0.717, 1.165) is 42.4 Å². The van der Waals surface area contributed by atoms with Crippen LogP contribution in [0, 0.1) is 5.82 Å². The molecule has 1 fully saturated rings. The van der Waals surface area contributed by atoms with Crippen molar-refractivity contribution in [3.05, 3.63) is 54.1 Å². The minimum atomic E-state index is -0.472. The maximum absolute atomic E-state index is 13.3. The van der Waals surface area contributed by atoms with E-state index in [4.69, 9.17) is 4.74 Å². The molecule has 0 atom stereocenters. The molecule has 0 aliphatic heterocycles. The number of carbonyl (C=O) groups is 2. The van der Waals surface area contributed by atoms with Crippen molar-refractivity contribution in [3.8, 4) is 5.69 Å². The maximum Gasteiger partial charge on any atom is 0.355 e. The minimum absolute atomic E-state index is 0.0377.